The Hall–Kier alpha value is -3.66. The number of aromatic nitrogens is 1. The van der Waals surface area contributed by atoms with E-state index >= 15 is 0 Å². The fourth-order valence-corrected chi connectivity index (χ4v) is 4.50. The average Bonchev–Trinajstić information content (AvgIpc) is 3.17. The van der Waals surface area contributed by atoms with Crippen LogP contribution < -0.4 is 0 Å². The van der Waals surface area contributed by atoms with E-state index in [0.717, 1.165) is 27.7 Å². The summed E-state index contributed by atoms with van der Waals surface area (Å²) < 4.78 is 7.44. The molecule has 4 heteroatoms. The van der Waals surface area contributed by atoms with Gasteiger partial charge in [0.1, 0.15) is 6.61 Å². The summed E-state index contributed by atoms with van der Waals surface area (Å²) >= 11 is 0. The SMILES string of the molecule is O=C(OCc1ccccc1)C1CCc2c(c3ccccc3n2C(=O)c2ccccc2)C1. The van der Waals surface area contributed by atoms with Gasteiger partial charge in [0.2, 0.25) is 0 Å². The highest BCUT2D eigenvalue weighted by atomic mass is 16.5. The maximum atomic E-state index is 13.3. The van der Waals surface area contributed by atoms with Crippen molar-refractivity contribution in [3.8, 4) is 0 Å². The van der Waals surface area contributed by atoms with E-state index in [4.69, 9.17) is 4.74 Å². The molecule has 0 spiro atoms. The van der Waals surface area contributed by atoms with Crippen LogP contribution in [0.15, 0.2) is 84.9 Å². The predicted octanol–water partition coefficient (Wildman–Crippen LogP) is 5.18. The Morgan fingerprint density at radius 3 is 2.32 bits per heavy atom. The van der Waals surface area contributed by atoms with E-state index in [1.807, 2.05) is 89.5 Å². The highest BCUT2D eigenvalue weighted by molar-refractivity contribution is 6.04. The summed E-state index contributed by atoms with van der Waals surface area (Å²) in [4.78, 5) is 26.1. The number of carbonyl (C=O) groups excluding carboxylic acids is 2. The second kappa shape index (κ2) is 8.23. The molecule has 4 aromatic rings. The lowest BCUT2D eigenvalue weighted by Crippen LogP contribution is -2.26. The van der Waals surface area contributed by atoms with E-state index < -0.39 is 0 Å². The van der Waals surface area contributed by atoms with Gasteiger partial charge in [-0.1, -0.05) is 66.7 Å². The van der Waals surface area contributed by atoms with Gasteiger partial charge in [0, 0.05) is 16.6 Å². The minimum absolute atomic E-state index is 0.0249. The van der Waals surface area contributed by atoms with Gasteiger partial charge in [0.15, 0.2) is 0 Å². The molecule has 154 valence electrons. The predicted molar refractivity (Wildman–Crippen MR) is 120 cm³/mol. The smallest absolute Gasteiger partial charge is 0.309 e. The summed E-state index contributed by atoms with van der Waals surface area (Å²) in [6.45, 7) is 0.289. The van der Waals surface area contributed by atoms with Gasteiger partial charge >= 0.3 is 5.97 Å². The maximum Gasteiger partial charge on any atom is 0.309 e. The van der Waals surface area contributed by atoms with Crippen LogP contribution in [-0.4, -0.2) is 16.4 Å². The molecule has 1 atom stereocenters. The second-order valence-corrected chi connectivity index (χ2v) is 7.98. The number of ether oxygens (including phenoxy) is 1. The van der Waals surface area contributed by atoms with Gasteiger partial charge in [-0.25, -0.2) is 0 Å². The van der Waals surface area contributed by atoms with Crippen LogP contribution in [0.25, 0.3) is 10.9 Å². The molecule has 1 aliphatic carbocycles. The van der Waals surface area contributed by atoms with Crippen LogP contribution in [0.5, 0.6) is 0 Å². The first-order valence-corrected chi connectivity index (χ1v) is 10.6. The van der Waals surface area contributed by atoms with Crippen LogP contribution in [0.1, 0.15) is 33.6 Å². The molecular formula is C27H23NO3. The summed E-state index contributed by atoms with van der Waals surface area (Å²) in [7, 11) is 0. The molecule has 3 aromatic carbocycles. The number of nitrogens with zero attached hydrogens (tertiary/aromatic N) is 1. The Kier molecular flexibility index (Phi) is 5.13. The highest BCUT2D eigenvalue weighted by Gasteiger charge is 2.31. The Morgan fingerprint density at radius 2 is 1.55 bits per heavy atom. The zero-order chi connectivity index (χ0) is 21.2. The molecule has 1 heterocycles. The number of fused-ring (bicyclic) bond motifs is 3. The summed E-state index contributed by atoms with van der Waals surface area (Å²) in [6, 6.07) is 27.0. The minimum atomic E-state index is -0.192. The summed E-state index contributed by atoms with van der Waals surface area (Å²) in [5, 5.41) is 1.04. The zero-order valence-electron chi connectivity index (χ0n) is 17.2. The normalized spacial score (nSPS) is 15.4. The Labute approximate surface area is 181 Å². The van der Waals surface area contributed by atoms with E-state index in [-0.39, 0.29) is 24.4 Å². The molecule has 0 saturated carbocycles. The molecule has 1 aromatic heterocycles. The average molecular weight is 409 g/mol. The topological polar surface area (TPSA) is 48.3 Å². The van der Waals surface area contributed by atoms with E-state index in [0.29, 0.717) is 24.8 Å². The van der Waals surface area contributed by atoms with Gasteiger partial charge in [0.05, 0.1) is 11.4 Å². The van der Waals surface area contributed by atoms with E-state index in [2.05, 4.69) is 0 Å². The van der Waals surface area contributed by atoms with Gasteiger partial charge in [-0.3, -0.25) is 14.2 Å². The molecule has 5 rings (SSSR count). The third-order valence-electron chi connectivity index (χ3n) is 6.05. The summed E-state index contributed by atoms with van der Waals surface area (Å²) in [5.74, 6) is -0.383. The first-order valence-electron chi connectivity index (χ1n) is 10.6. The molecule has 0 radical (unpaired) electrons. The van der Waals surface area contributed by atoms with Crippen molar-refractivity contribution in [2.24, 2.45) is 5.92 Å². The van der Waals surface area contributed by atoms with Crippen LogP contribution in [-0.2, 0) is 29.0 Å². The van der Waals surface area contributed by atoms with E-state index in [9.17, 15) is 9.59 Å². The van der Waals surface area contributed by atoms with Crippen molar-refractivity contribution in [3.05, 3.63) is 107 Å². The Morgan fingerprint density at radius 1 is 0.871 bits per heavy atom. The lowest BCUT2D eigenvalue weighted by atomic mass is 9.86. The largest absolute Gasteiger partial charge is 0.461 e. The number of benzene rings is 3. The molecule has 0 N–H and O–H groups in total. The number of hydrogen-bond acceptors (Lipinski definition) is 3. The van der Waals surface area contributed by atoms with Gasteiger partial charge in [-0.05, 0) is 48.6 Å². The van der Waals surface area contributed by atoms with Crippen molar-refractivity contribution < 1.29 is 14.3 Å². The summed E-state index contributed by atoms with van der Waals surface area (Å²) in [6.07, 6.45) is 1.95. The molecule has 1 unspecified atom stereocenters. The lowest BCUT2D eigenvalue weighted by Gasteiger charge is -2.22. The maximum absolute atomic E-state index is 13.3. The van der Waals surface area contributed by atoms with Gasteiger partial charge in [-0.2, -0.15) is 0 Å². The first-order chi connectivity index (χ1) is 15.2. The third-order valence-corrected chi connectivity index (χ3v) is 6.05. The molecule has 0 fully saturated rings. The number of rotatable bonds is 4. The van der Waals surface area contributed by atoms with Crippen LogP contribution in [0.2, 0.25) is 0 Å². The lowest BCUT2D eigenvalue weighted by molar-refractivity contribution is -0.150. The van der Waals surface area contributed by atoms with Gasteiger partial charge in [-0.15, -0.1) is 0 Å². The van der Waals surface area contributed by atoms with Crippen LogP contribution in [0.3, 0.4) is 0 Å². The van der Waals surface area contributed by atoms with Crippen molar-refractivity contribution in [3.63, 3.8) is 0 Å². The van der Waals surface area contributed by atoms with E-state index in [1.165, 1.54) is 0 Å². The minimum Gasteiger partial charge on any atom is -0.461 e. The summed E-state index contributed by atoms with van der Waals surface area (Å²) in [5.41, 5.74) is 4.66. The van der Waals surface area contributed by atoms with Crippen LogP contribution in [0.4, 0.5) is 0 Å². The molecule has 0 bridgehead atoms. The number of hydrogen-bond donors (Lipinski definition) is 0. The Bertz CT molecular complexity index is 1240. The number of esters is 1. The second-order valence-electron chi connectivity index (χ2n) is 7.98. The number of para-hydroxylation sites is 1. The van der Waals surface area contributed by atoms with Gasteiger partial charge < -0.3 is 4.74 Å². The van der Waals surface area contributed by atoms with Crippen molar-refractivity contribution in [2.75, 3.05) is 0 Å². The van der Waals surface area contributed by atoms with Crippen molar-refractivity contribution in [1.29, 1.82) is 0 Å². The zero-order valence-corrected chi connectivity index (χ0v) is 17.2. The van der Waals surface area contributed by atoms with Crippen molar-refractivity contribution in [1.82, 2.24) is 4.57 Å². The standard InChI is InChI=1S/C27H23NO3/c29-26(20-11-5-2-6-12-20)28-24-14-8-7-13-22(24)23-17-21(15-16-25(23)28)27(30)31-18-19-9-3-1-4-10-19/h1-14,21H,15-18H2. The van der Waals surface area contributed by atoms with E-state index in [1.54, 1.807) is 0 Å². The quantitative estimate of drug-likeness (QED) is 0.437. The van der Waals surface area contributed by atoms with Crippen molar-refractivity contribution >= 4 is 22.8 Å². The molecule has 1 aliphatic rings. The highest BCUT2D eigenvalue weighted by Crippen LogP contribution is 2.35. The molecule has 31 heavy (non-hydrogen) atoms. The first kappa shape index (κ1) is 19.3. The fraction of sp³-hybridized carbons (Fsp3) is 0.185. The fourth-order valence-electron chi connectivity index (χ4n) is 4.50. The monoisotopic (exact) mass is 409 g/mol. The van der Waals surface area contributed by atoms with Crippen LogP contribution >= 0.6 is 0 Å². The van der Waals surface area contributed by atoms with Crippen molar-refractivity contribution in [2.45, 2.75) is 25.9 Å². The molecule has 0 aliphatic heterocycles. The Balaban J connectivity index is 1.44. The van der Waals surface area contributed by atoms with Gasteiger partial charge in [0.25, 0.3) is 5.91 Å². The molecule has 0 saturated heterocycles. The third kappa shape index (κ3) is 3.66. The molecule has 0 amide bonds. The number of carbonyl (C=O) groups is 2. The molecular weight excluding hydrogens is 386 g/mol. The van der Waals surface area contributed by atoms with Crippen LogP contribution in [0, 0.1) is 5.92 Å². The molecule has 4 nitrogen and oxygen atoms in total.